The van der Waals surface area contributed by atoms with Gasteiger partial charge in [-0.05, 0) is 42.7 Å². The van der Waals surface area contributed by atoms with Crippen molar-refractivity contribution < 1.29 is 38.0 Å². The van der Waals surface area contributed by atoms with Crippen molar-refractivity contribution in [2.45, 2.75) is 18.9 Å². The molecule has 174 valence electrons. The summed E-state index contributed by atoms with van der Waals surface area (Å²) in [5, 5.41) is 0. The first-order chi connectivity index (χ1) is 16.1. The molecule has 0 unspecified atom stereocenters. The Hall–Kier alpha value is -3.62. The zero-order valence-electron chi connectivity index (χ0n) is 18.3. The van der Waals surface area contributed by atoms with Crippen LogP contribution in [0.4, 0.5) is 0 Å². The molecule has 3 aliphatic heterocycles. The number of benzene rings is 2. The zero-order valence-corrected chi connectivity index (χ0v) is 18.3. The van der Waals surface area contributed by atoms with E-state index in [9.17, 15) is 9.59 Å². The number of likely N-dealkylation sites (tertiary alicyclic amines) is 1. The van der Waals surface area contributed by atoms with E-state index in [-0.39, 0.29) is 24.1 Å². The molecule has 5 rings (SSSR count). The monoisotopic (exact) mass is 455 g/mol. The maximum absolute atomic E-state index is 12.9. The Balaban J connectivity index is 1.25. The highest BCUT2D eigenvalue weighted by atomic mass is 16.6. The van der Waals surface area contributed by atoms with Crippen molar-refractivity contribution in [1.82, 2.24) is 4.90 Å². The average molecular weight is 455 g/mol. The van der Waals surface area contributed by atoms with Crippen LogP contribution >= 0.6 is 0 Å². The number of esters is 1. The summed E-state index contributed by atoms with van der Waals surface area (Å²) in [5.41, 5.74) is 1.21. The van der Waals surface area contributed by atoms with Gasteiger partial charge in [-0.1, -0.05) is 6.07 Å². The lowest BCUT2D eigenvalue weighted by atomic mass is 10.0. The zero-order chi connectivity index (χ0) is 22.8. The van der Waals surface area contributed by atoms with E-state index in [1.807, 2.05) is 18.2 Å². The lowest BCUT2D eigenvalue weighted by molar-refractivity contribution is -0.135. The van der Waals surface area contributed by atoms with Crippen LogP contribution in [0.1, 0.15) is 34.8 Å². The van der Waals surface area contributed by atoms with E-state index in [2.05, 4.69) is 0 Å². The fourth-order valence-electron chi connectivity index (χ4n) is 4.36. The van der Waals surface area contributed by atoms with E-state index in [1.165, 1.54) is 19.2 Å². The van der Waals surface area contributed by atoms with Gasteiger partial charge in [0.2, 0.25) is 5.75 Å². The van der Waals surface area contributed by atoms with Crippen LogP contribution in [-0.2, 0) is 9.53 Å². The fourth-order valence-corrected chi connectivity index (χ4v) is 4.36. The molecule has 3 aliphatic rings. The summed E-state index contributed by atoms with van der Waals surface area (Å²) in [7, 11) is 1.48. The number of fused-ring (bicyclic) bond motifs is 2. The third kappa shape index (κ3) is 4.22. The van der Waals surface area contributed by atoms with Crippen molar-refractivity contribution in [3.8, 4) is 28.7 Å². The largest absolute Gasteiger partial charge is 0.493 e. The molecule has 0 N–H and O–H groups in total. The van der Waals surface area contributed by atoms with Crippen molar-refractivity contribution >= 4 is 11.9 Å². The first-order valence-corrected chi connectivity index (χ1v) is 11.0. The number of methoxy groups -OCH3 is 1. The van der Waals surface area contributed by atoms with Crippen molar-refractivity contribution in [3.63, 3.8) is 0 Å². The van der Waals surface area contributed by atoms with Gasteiger partial charge in [-0.3, -0.25) is 4.79 Å². The van der Waals surface area contributed by atoms with E-state index in [0.29, 0.717) is 61.7 Å². The first-order valence-electron chi connectivity index (χ1n) is 11.0. The van der Waals surface area contributed by atoms with Crippen molar-refractivity contribution in [3.05, 3.63) is 41.5 Å². The van der Waals surface area contributed by atoms with Gasteiger partial charge in [-0.15, -0.1) is 0 Å². The molecule has 2 aromatic carbocycles. The van der Waals surface area contributed by atoms with E-state index in [4.69, 9.17) is 28.4 Å². The molecule has 0 aliphatic carbocycles. The summed E-state index contributed by atoms with van der Waals surface area (Å²) < 4.78 is 33.0. The Kier molecular flexibility index (Phi) is 5.85. The molecule has 0 saturated carbocycles. The summed E-state index contributed by atoms with van der Waals surface area (Å²) in [6.07, 6.45) is 1.71. The summed E-state index contributed by atoms with van der Waals surface area (Å²) >= 11 is 0. The number of rotatable bonds is 5. The number of hydrogen-bond acceptors (Lipinski definition) is 8. The number of amides is 1. The van der Waals surface area contributed by atoms with Gasteiger partial charge in [0.15, 0.2) is 29.6 Å². The minimum atomic E-state index is -0.631. The third-order valence-electron chi connectivity index (χ3n) is 5.91. The second kappa shape index (κ2) is 9.09. The van der Waals surface area contributed by atoms with Gasteiger partial charge in [-0.2, -0.15) is 0 Å². The third-order valence-corrected chi connectivity index (χ3v) is 5.91. The number of hydrogen-bond donors (Lipinski definition) is 0. The molecule has 9 heteroatoms. The van der Waals surface area contributed by atoms with Crippen LogP contribution in [0.5, 0.6) is 28.7 Å². The molecule has 0 spiro atoms. The summed E-state index contributed by atoms with van der Waals surface area (Å²) in [6.45, 7) is 2.07. The first kappa shape index (κ1) is 21.2. The fraction of sp³-hybridized carbons (Fsp3) is 0.417. The quantitative estimate of drug-likeness (QED) is 0.636. The Labute approximate surface area is 191 Å². The molecule has 3 heterocycles. The molecule has 0 aromatic heterocycles. The predicted molar refractivity (Wildman–Crippen MR) is 115 cm³/mol. The van der Waals surface area contributed by atoms with Gasteiger partial charge in [0, 0.05) is 6.54 Å². The molecule has 1 amide bonds. The molecular formula is C24H25NO8. The molecular weight excluding hydrogens is 430 g/mol. The van der Waals surface area contributed by atoms with Crippen LogP contribution in [0.15, 0.2) is 30.3 Å². The normalized spacial score (nSPS) is 18.6. The Bertz CT molecular complexity index is 1050. The molecule has 33 heavy (non-hydrogen) atoms. The molecule has 1 atom stereocenters. The summed E-state index contributed by atoms with van der Waals surface area (Å²) in [5.74, 6) is 1.78. The van der Waals surface area contributed by atoms with Gasteiger partial charge < -0.3 is 33.3 Å². The van der Waals surface area contributed by atoms with Crippen molar-refractivity contribution in [2.24, 2.45) is 0 Å². The standard InChI is InChI=1S/C24H25NO8/c1-28-20-12-16(13-21-23(20)32-10-9-31-21)24(27)33-14-22(26)25-6-2-3-17(25)15-4-5-18-19(11-15)30-8-7-29-18/h4-5,11-13,17H,2-3,6-10,14H2,1H3/t17-/m1/s1. The van der Waals surface area contributed by atoms with Crippen LogP contribution in [0.3, 0.4) is 0 Å². The summed E-state index contributed by atoms with van der Waals surface area (Å²) in [4.78, 5) is 27.3. The Morgan fingerprint density at radius 2 is 1.73 bits per heavy atom. The van der Waals surface area contributed by atoms with Gasteiger partial charge >= 0.3 is 5.97 Å². The van der Waals surface area contributed by atoms with Gasteiger partial charge in [0.05, 0.1) is 18.7 Å². The highest BCUT2D eigenvalue weighted by Crippen LogP contribution is 2.41. The van der Waals surface area contributed by atoms with Crippen LogP contribution in [0.25, 0.3) is 0 Å². The Morgan fingerprint density at radius 3 is 2.55 bits per heavy atom. The van der Waals surface area contributed by atoms with E-state index < -0.39 is 5.97 Å². The van der Waals surface area contributed by atoms with Crippen LogP contribution in [0, 0.1) is 0 Å². The second-order valence-corrected chi connectivity index (χ2v) is 7.93. The lowest BCUT2D eigenvalue weighted by Gasteiger charge is -2.26. The minimum absolute atomic E-state index is 0.0959. The number of carbonyl (C=O) groups is 2. The van der Waals surface area contributed by atoms with E-state index in [0.717, 1.165) is 18.4 Å². The van der Waals surface area contributed by atoms with Crippen LogP contribution in [0.2, 0.25) is 0 Å². The topological polar surface area (TPSA) is 92.8 Å². The van der Waals surface area contributed by atoms with E-state index >= 15 is 0 Å². The minimum Gasteiger partial charge on any atom is -0.493 e. The number of carbonyl (C=O) groups excluding carboxylic acids is 2. The van der Waals surface area contributed by atoms with Gasteiger partial charge in [0.1, 0.15) is 26.4 Å². The maximum Gasteiger partial charge on any atom is 0.338 e. The predicted octanol–water partition coefficient (Wildman–Crippen LogP) is 2.76. The van der Waals surface area contributed by atoms with Gasteiger partial charge in [0.25, 0.3) is 5.91 Å². The Morgan fingerprint density at radius 1 is 0.970 bits per heavy atom. The summed E-state index contributed by atoms with van der Waals surface area (Å²) in [6, 6.07) is 8.72. The molecule has 2 aromatic rings. The molecule has 1 fully saturated rings. The number of nitrogens with zero attached hydrogens (tertiary/aromatic N) is 1. The maximum atomic E-state index is 12.9. The molecule has 0 radical (unpaired) electrons. The lowest BCUT2D eigenvalue weighted by Crippen LogP contribution is -2.34. The molecule has 0 bridgehead atoms. The molecule has 9 nitrogen and oxygen atoms in total. The average Bonchev–Trinajstić information content (AvgIpc) is 3.36. The highest BCUT2D eigenvalue weighted by molar-refractivity contribution is 5.93. The van der Waals surface area contributed by atoms with E-state index in [1.54, 1.807) is 4.90 Å². The van der Waals surface area contributed by atoms with Crippen molar-refractivity contribution in [1.29, 1.82) is 0 Å². The second-order valence-electron chi connectivity index (χ2n) is 7.93. The van der Waals surface area contributed by atoms with Crippen LogP contribution < -0.4 is 23.7 Å². The van der Waals surface area contributed by atoms with Gasteiger partial charge in [-0.25, -0.2) is 4.79 Å². The molecule has 1 saturated heterocycles. The highest BCUT2D eigenvalue weighted by Gasteiger charge is 2.31. The van der Waals surface area contributed by atoms with Crippen LogP contribution in [-0.4, -0.2) is 63.5 Å². The number of ether oxygens (including phenoxy) is 6. The SMILES string of the molecule is COc1cc(C(=O)OCC(=O)N2CCC[C@@H]2c2ccc3c(c2)OCCO3)cc2c1OCCO2. The smallest absolute Gasteiger partial charge is 0.338 e. The van der Waals surface area contributed by atoms with Crippen molar-refractivity contribution in [2.75, 3.05) is 46.7 Å².